The van der Waals surface area contributed by atoms with Crippen LogP contribution in [-0.2, 0) is 9.59 Å². The highest BCUT2D eigenvalue weighted by molar-refractivity contribution is 6.39. The number of imide groups is 2. The predicted molar refractivity (Wildman–Crippen MR) is 136 cm³/mol. The second-order valence-electron chi connectivity index (χ2n) is 7.82. The number of benzene rings is 2. The van der Waals surface area contributed by atoms with Gasteiger partial charge in [-0.1, -0.05) is 18.5 Å². The van der Waals surface area contributed by atoms with Gasteiger partial charge in [0.1, 0.15) is 17.1 Å². The SMILES string of the molecule is CCOc1ccc(OCC)c(N2C(=O)NC(=O)/C(=C\c3cc(Cl)c(O[C@@H](C)CC)c(OC)c3)C2=O)c1. The monoisotopic (exact) mass is 516 g/mol. The Morgan fingerprint density at radius 2 is 1.75 bits per heavy atom. The summed E-state index contributed by atoms with van der Waals surface area (Å²) in [6, 6.07) is 7.04. The molecule has 0 spiro atoms. The van der Waals surface area contributed by atoms with Crippen LogP contribution in [0.4, 0.5) is 10.5 Å². The number of hydrogen-bond donors (Lipinski definition) is 1. The number of hydrogen-bond acceptors (Lipinski definition) is 7. The minimum atomic E-state index is -0.898. The Labute approximate surface area is 214 Å². The predicted octanol–water partition coefficient (Wildman–Crippen LogP) is 4.99. The first kappa shape index (κ1) is 26.9. The van der Waals surface area contributed by atoms with Gasteiger partial charge in [0.15, 0.2) is 11.5 Å². The molecule has 0 saturated carbocycles. The maximum absolute atomic E-state index is 13.5. The summed E-state index contributed by atoms with van der Waals surface area (Å²) in [4.78, 5) is 39.7. The number of rotatable bonds is 10. The van der Waals surface area contributed by atoms with E-state index in [1.54, 1.807) is 31.2 Å². The second kappa shape index (κ2) is 11.8. The van der Waals surface area contributed by atoms with Gasteiger partial charge in [-0.2, -0.15) is 0 Å². The van der Waals surface area contributed by atoms with Gasteiger partial charge >= 0.3 is 6.03 Å². The van der Waals surface area contributed by atoms with Crippen LogP contribution in [0.25, 0.3) is 6.08 Å². The molecule has 9 nitrogen and oxygen atoms in total. The van der Waals surface area contributed by atoms with E-state index < -0.39 is 17.8 Å². The van der Waals surface area contributed by atoms with Gasteiger partial charge in [-0.05, 0) is 63.1 Å². The van der Waals surface area contributed by atoms with E-state index in [0.29, 0.717) is 36.0 Å². The van der Waals surface area contributed by atoms with Crippen molar-refractivity contribution in [2.24, 2.45) is 0 Å². The van der Waals surface area contributed by atoms with Gasteiger partial charge in [-0.15, -0.1) is 0 Å². The zero-order chi connectivity index (χ0) is 26.4. The number of urea groups is 1. The fourth-order valence-corrected chi connectivity index (χ4v) is 3.73. The molecule has 10 heteroatoms. The Kier molecular flexibility index (Phi) is 8.82. The van der Waals surface area contributed by atoms with Crippen molar-refractivity contribution in [3.8, 4) is 23.0 Å². The molecule has 1 N–H and O–H groups in total. The fraction of sp³-hybridized carbons (Fsp3) is 0.346. The first-order valence-electron chi connectivity index (χ1n) is 11.6. The van der Waals surface area contributed by atoms with Crippen LogP contribution in [0.5, 0.6) is 23.0 Å². The van der Waals surface area contributed by atoms with Crippen molar-refractivity contribution >= 4 is 41.2 Å². The van der Waals surface area contributed by atoms with Crippen LogP contribution in [-0.4, -0.2) is 44.3 Å². The van der Waals surface area contributed by atoms with E-state index in [9.17, 15) is 14.4 Å². The largest absolute Gasteiger partial charge is 0.494 e. The molecule has 192 valence electrons. The van der Waals surface area contributed by atoms with Crippen LogP contribution >= 0.6 is 11.6 Å². The number of anilines is 1. The van der Waals surface area contributed by atoms with Crippen molar-refractivity contribution in [1.29, 1.82) is 0 Å². The molecule has 0 unspecified atom stereocenters. The lowest BCUT2D eigenvalue weighted by Crippen LogP contribution is -2.54. The Balaban J connectivity index is 2.06. The van der Waals surface area contributed by atoms with Crippen LogP contribution in [0.1, 0.15) is 39.7 Å². The molecule has 1 atom stereocenters. The standard InChI is InChI=1S/C26H29ClN2O7/c1-6-15(4)36-23-19(27)12-16(13-22(23)33-5)11-18-24(30)28-26(32)29(25(18)31)20-14-17(34-7-2)9-10-21(20)35-8-3/h9-15H,6-8H2,1-5H3,(H,28,30,32)/b18-11+/t15-/m0/s1. The lowest BCUT2D eigenvalue weighted by atomic mass is 10.1. The topological polar surface area (TPSA) is 103 Å². The number of methoxy groups -OCH3 is 1. The second-order valence-corrected chi connectivity index (χ2v) is 8.23. The maximum atomic E-state index is 13.5. The van der Waals surface area contributed by atoms with Gasteiger partial charge in [-0.3, -0.25) is 14.9 Å². The van der Waals surface area contributed by atoms with Crippen molar-refractivity contribution in [2.45, 2.75) is 40.2 Å². The molecule has 36 heavy (non-hydrogen) atoms. The van der Waals surface area contributed by atoms with Crippen molar-refractivity contribution in [1.82, 2.24) is 5.32 Å². The molecule has 3 rings (SSSR count). The third kappa shape index (κ3) is 5.73. The van der Waals surface area contributed by atoms with Crippen LogP contribution in [0.2, 0.25) is 5.02 Å². The molecule has 2 aromatic rings. The Bertz CT molecular complexity index is 1200. The van der Waals surface area contributed by atoms with Gasteiger partial charge in [0.25, 0.3) is 11.8 Å². The molecular weight excluding hydrogens is 488 g/mol. The van der Waals surface area contributed by atoms with E-state index in [0.717, 1.165) is 11.3 Å². The molecule has 1 fully saturated rings. The fourth-order valence-electron chi connectivity index (χ4n) is 3.47. The van der Waals surface area contributed by atoms with Gasteiger partial charge in [0.05, 0.1) is 37.1 Å². The zero-order valence-corrected chi connectivity index (χ0v) is 21.6. The van der Waals surface area contributed by atoms with Crippen molar-refractivity contribution in [3.05, 3.63) is 46.5 Å². The first-order chi connectivity index (χ1) is 17.2. The Morgan fingerprint density at radius 3 is 2.39 bits per heavy atom. The van der Waals surface area contributed by atoms with E-state index in [1.807, 2.05) is 20.8 Å². The summed E-state index contributed by atoms with van der Waals surface area (Å²) in [5.41, 5.74) is 0.290. The minimum absolute atomic E-state index is 0.0992. The van der Waals surface area contributed by atoms with E-state index >= 15 is 0 Å². The van der Waals surface area contributed by atoms with Crippen molar-refractivity contribution < 1.29 is 33.3 Å². The number of nitrogens with zero attached hydrogens (tertiary/aromatic N) is 1. The number of carbonyl (C=O) groups is 3. The van der Waals surface area contributed by atoms with Crippen LogP contribution < -0.4 is 29.2 Å². The molecule has 2 aromatic carbocycles. The highest BCUT2D eigenvalue weighted by Gasteiger charge is 2.38. The number of halogens is 1. The lowest BCUT2D eigenvalue weighted by Gasteiger charge is -2.28. The molecule has 1 heterocycles. The summed E-state index contributed by atoms with van der Waals surface area (Å²) in [5, 5.41) is 2.46. The lowest BCUT2D eigenvalue weighted by molar-refractivity contribution is -0.122. The molecule has 1 aliphatic rings. The quantitative estimate of drug-likeness (QED) is 0.350. The minimum Gasteiger partial charge on any atom is -0.494 e. The van der Waals surface area contributed by atoms with Crippen molar-refractivity contribution in [2.75, 3.05) is 25.2 Å². The Hall–Kier alpha value is -3.72. The average Bonchev–Trinajstić information content (AvgIpc) is 2.84. The average molecular weight is 517 g/mol. The summed E-state index contributed by atoms with van der Waals surface area (Å²) < 4.78 is 22.4. The van der Waals surface area contributed by atoms with Crippen LogP contribution in [0.3, 0.4) is 0 Å². The third-order valence-electron chi connectivity index (χ3n) is 5.34. The number of nitrogens with one attached hydrogen (secondary N) is 1. The third-order valence-corrected chi connectivity index (χ3v) is 5.62. The highest BCUT2D eigenvalue weighted by Crippen LogP contribution is 2.39. The van der Waals surface area contributed by atoms with E-state index in [2.05, 4.69) is 5.32 Å². The summed E-state index contributed by atoms with van der Waals surface area (Å²) in [6.07, 6.45) is 2.00. The molecule has 0 bridgehead atoms. The summed E-state index contributed by atoms with van der Waals surface area (Å²) >= 11 is 6.44. The van der Waals surface area contributed by atoms with Crippen LogP contribution in [0.15, 0.2) is 35.9 Å². The summed E-state index contributed by atoms with van der Waals surface area (Å²) in [6.45, 7) is 8.16. The molecular formula is C26H29ClN2O7. The number of barbiturate groups is 1. The van der Waals surface area contributed by atoms with Gasteiger partial charge < -0.3 is 18.9 Å². The van der Waals surface area contributed by atoms with Gasteiger partial charge in [0, 0.05) is 6.07 Å². The smallest absolute Gasteiger partial charge is 0.336 e. The number of carbonyl (C=O) groups excluding carboxylic acids is 3. The molecule has 1 aliphatic heterocycles. The van der Waals surface area contributed by atoms with Gasteiger partial charge in [0.2, 0.25) is 0 Å². The van der Waals surface area contributed by atoms with Crippen molar-refractivity contribution in [3.63, 3.8) is 0 Å². The van der Waals surface area contributed by atoms with E-state index in [1.165, 1.54) is 19.3 Å². The number of ether oxygens (including phenoxy) is 4. The van der Waals surface area contributed by atoms with Gasteiger partial charge in [-0.25, -0.2) is 9.69 Å². The maximum Gasteiger partial charge on any atom is 0.336 e. The number of amides is 4. The first-order valence-corrected chi connectivity index (χ1v) is 12.0. The molecule has 0 aliphatic carbocycles. The summed E-state index contributed by atoms with van der Waals surface area (Å²) in [7, 11) is 1.46. The summed E-state index contributed by atoms with van der Waals surface area (Å²) in [5.74, 6) is -0.235. The zero-order valence-electron chi connectivity index (χ0n) is 20.8. The highest BCUT2D eigenvalue weighted by atomic mass is 35.5. The molecule has 0 aromatic heterocycles. The van der Waals surface area contributed by atoms with Crippen LogP contribution in [0, 0.1) is 0 Å². The molecule has 1 saturated heterocycles. The molecule has 0 radical (unpaired) electrons. The molecule has 4 amide bonds. The Morgan fingerprint density at radius 1 is 1.03 bits per heavy atom. The van der Waals surface area contributed by atoms with E-state index in [4.69, 9.17) is 30.5 Å². The van der Waals surface area contributed by atoms with E-state index in [-0.39, 0.29) is 28.1 Å². The normalized spacial score (nSPS) is 15.6.